The Morgan fingerprint density at radius 1 is 1.35 bits per heavy atom. The van der Waals surface area contributed by atoms with Gasteiger partial charge < -0.3 is 0 Å². The lowest BCUT2D eigenvalue weighted by Gasteiger charge is -2.12. The SMILES string of the molecule is N#CCc1cc(C(F)F)c(F)nc1C(F)(F)F. The number of hydrogen-bond donors (Lipinski definition) is 0. The summed E-state index contributed by atoms with van der Waals surface area (Å²) in [5, 5.41) is 8.28. The molecule has 0 aromatic carbocycles. The van der Waals surface area contributed by atoms with Crippen LogP contribution in [0.1, 0.15) is 23.2 Å². The second-order valence-corrected chi connectivity index (χ2v) is 3.01. The fraction of sp³-hybridized carbons (Fsp3) is 0.333. The monoisotopic (exact) mass is 254 g/mol. The number of aromatic nitrogens is 1. The van der Waals surface area contributed by atoms with E-state index in [9.17, 15) is 26.3 Å². The van der Waals surface area contributed by atoms with Gasteiger partial charge in [-0.1, -0.05) is 0 Å². The molecule has 0 spiro atoms. The van der Waals surface area contributed by atoms with Gasteiger partial charge in [0.05, 0.1) is 18.1 Å². The highest BCUT2D eigenvalue weighted by Crippen LogP contribution is 2.33. The van der Waals surface area contributed by atoms with Gasteiger partial charge in [0.15, 0.2) is 5.69 Å². The number of hydrogen-bond acceptors (Lipinski definition) is 2. The largest absolute Gasteiger partial charge is 0.433 e. The van der Waals surface area contributed by atoms with Crippen LogP contribution in [0, 0.1) is 17.3 Å². The van der Waals surface area contributed by atoms with Gasteiger partial charge in [0, 0.05) is 0 Å². The highest BCUT2D eigenvalue weighted by molar-refractivity contribution is 5.31. The van der Waals surface area contributed by atoms with Gasteiger partial charge >= 0.3 is 6.18 Å². The van der Waals surface area contributed by atoms with Crippen molar-refractivity contribution >= 4 is 0 Å². The second-order valence-electron chi connectivity index (χ2n) is 3.01. The van der Waals surface area contributed by atoms with Crippen molar-refractivity contribution in [1.82, 2.24) is 4.98 Å². The van der Waals surface area contributed by atoms with Gasteiger partial charge in [0.2, 0.25) is 5.95 Å². The van der Waals surface area contributed by atoms with Crippen molar-refractivity contribution in [3.8, 4) is 6.07 Å². The average Bonchev–Trinajstić information content (AvgIpc) is 2.18. The Bertz CT molecular complexity index is 460. The first-order valence-corrected chi connectivity index (χ1v) is 4.19. The summed E-state index contributed by atoms with van der Waals surface area (Å²) in [7, 11) is 0. The lowest BCUT2D eigenvalue weighted by Crippen LogP contribution is -2.14. The summed E-state index contributed by atoms with van der Waals surface area (Å²) in [6.45, 7) is 0. The molecule has 0 aliphatic carbocycles. The quantitative estimate of drug-likeness (QED) is 0.600. The minimum absolute atomic E-state index is 0.318. The van der Waals surface area contributed by atoms with Crippen molar-refractivity contribution in [1.29, 1.82) is 5.26 Å². The summed E-state index contributed by atoms with van der Waals surface area (Å²) >= 11 is 0. The van der Waals surface area contributed by atoms with E-state index in [0.29, 0.717) is 6.07 Å². The molecule has 0 N–H and O–H groups in total. The topological polar surface area (TPSA) is 36.7 Å². The van der Waals surface area contributed by atoms with E-state index in [0.717, 1.165) is 0 Å². The molecule has 0 aliphatic heterocycles. The minimum atomic E-state index is -4.99. The van der Waals surface area contributed by atoms with E-state index in [-0.39, 0.29) is 0 Å². The van der Waals surface area contributed by atoms with Gasteiger partial charge in [-0.05, 0) is 11.6 Å². The van der Waals surface area contributed by atoms with Crippen LogP contribution < -0.4 is 0 Å². The molecule has 2 nitrogen and oxygen atoms in total. The highest BCUT2D eigenvalue weighted by atomic mass is 19.4. The summed E-state index contributed by atoms with van der Waals surface area (Å²) in [4.78, 5) is 2.46. The molecule has 92 valence electrons. The summed E-state index contributed by atoms with van der Waals surface area (Å²) in [6, 6.07) is 1.69. The van der Waals surface area contributed by atoms with Gasteiger partial charge in [0.25, 0.3) is 6.43 Å². The Labute approximate surface area is 91.5 Å². The number of nitrogens with zero attached hydrogens (tertiary/aromatic N) is 2. The van der Waals surface area contributed by atoms with Crippen LogP contribution in [0.5, 0.6) is 0 Å². The molecule has 0 aliphatic rings. The van der Waals surface area contributed by atoms with E-state index >= 15 is 0 Å². The van der Waals surface area contributed by atoms with Crippen LogP contribution >= 0.6 is 0 Å². The van der Waals surface area contributed by atoms with E-state index in [1.807, 2.05) is 0 Å². The second kappa shape index (κ2) is 4.61. The molecular weight excluding hydrogens is 250 g/mol. The van der Waals surface area contributed by atoms with Crippen molar-refractivity contribution < 1.29 is 26.3 Å². The van der Waals surface area contributed by atoms with Gasteiger partial charge in [-0.3, -0.25) is 0 Å². The van der Waals surface area contributed by atoms with Crippen molar-refractivity contribution in [3.05, 3.63) is 28.8 Å². The molecule has 8 heteroatoms. The normalized spacial score (nSPS) is 11.6. The molecule has 1 rings (SSSR count). The number of nitriles is 1. The van der Waals surface area contributed by atoms with Gasteiger partial charge in [-0.2, -0.15) is 22.8 Å². The summed E-state index contributed by atoms with van der Waals surface area (Å²) < 4.78 is 74.4. The molecular formula is C9H4F6N2. The molecule has 1 aromatic heterocycles. The fourth-order valence-corrected chi connectivity index (χ4v) is 1.17. The van der Waals surface area contributed by atoms with Gasteiger partial charge in [-0.25, -0.2) is 13.8 Å². The maximum atomic E-state index is 12.9. The van der Waals surface area contributed by atoms with E-state index in [4.69, 9.17) is 5.26 Å². The van der Waals surface area contributed by atoms with E-state index < -0.39 is 41.8 Å². The molecule has 0 amide bonds. The van der Waals surface area contributed by atoms with Gasteiger partial charge in [-0.15, -0.1) is 0 Å². The predicted molar refractivity (Wildman–Crippen MR) is 43.5 cm³/mol. The lowest BCUT2D eigenvalue weighted by atomic mass is 10.1. The number of rotatable bonds is 2. The number of alkyl halides is 5. The fourth-order valence-electron chi connectivity index (χ4n) is 1.17. The maximum absolute atomic E-state index is 12.9. The van der Waals surface area contributed by atoms with Crippen LogP contribution in [0.2, 0.25) is 0 Å². The molecule has 0 fully saturated rings. The van der Waals surface area contributed by atoms with Crippen LogP contribution in [0.15, 0.2) is 6.07 Å². The lowest BCUT2D eigenvalue weighted by molar-refractivity contribution is -0.142. The van der Waals surface area contributed by atoms with Crippen molar-refractivity contribution in [3.63, 3.8) is 0 Å². The Kier molecular flexibility index (Phi) is 3.60. The van der Waals surface area contributed by atoms with Crippen molar-refractivity contribution in [2.75, 3.05) is 0 Å². The highest BCUT2D eigenvalue weighted by Gasteiger charge is 2.37. The average molecular weight is 254 g/mol. The number of pyridine rings is 1. The zero-order chi connectivity index (χ0) is 13.2. The first-order valence-electron chi connectivity index (χ1n) is 4.19. The zero-order valence-corrected chi connectivity index (χ0v) is 8.02. The Morgan fingerprint density at radius 3 is 2.35 bits per heavy atom. The first-order chi connectivity index (χ1) is 7.77. The molecule has 0 saturated heterocycles. The Hall–Kier alpha value is -1.78. The molecule has 0 bridgehead atoms. The first kappa shape index (κ1) is 13.3. The third kappa shape index (κ3) is 2.87. The van der Waals surface area contributed by atoms with Crippen LogP contribution in [-0.4, -0.2) is 4.98 Å². The Morgan fingerprint density at radius 2 is 1.94 bits per heavy atom. The third-order valence-corrected chi connectivity index (χ3v) is 1.86. The third-order valence-electron chi connectivity index (χ3n) is 1.86. The Balaban J connectivity index is 3.42. The van der Waals surface area contributed by atoms with Gasteiger partial charge in [0.1, 0.15) is 0 Å². The molecule has 0 unspecified atom stereocenters. The van der Waals surface area contributed by atoms with Crippen LogP contribution in [0.3, 0.4) is 0 Å². The van der Waals surface area contributed by atoms with E-state index in [1.165, 1.54) is 6.07 Å². The summed E-state index contributed by atoms with van der Waals surface area (Å²) in [5.41, 5.74) is -3.67. The molecule has 1 aromatic rings. The van der Waals surface area contributed by atoms with E-state index in [2.05, 4.69) is 4.98 Å². The molecule has 1 heterocycles. The number of halogens is 6. The molecule has 17 heavy (non-hydrogen) atoms. The molecule has 0 radical (unpaired) electrons. The standard InChI is InChI=1S/C9H4F6N2/c10-7(11)5-3-4(1-2-16)6(9(13,14)15)17-8(5)12/h3,7H,1H2. The maximum Gasteiger partial charge on any atom is 0.433 e. The van der Waals surface area contributed by atoms with Crippen molar-refractivity contribution in [2.24, 2.45) is 0 Å². The predicted octanol–water partition coefficient (Wildman–Crippen LogP) is 3.24. The van der Waals surface area contributed by atoms with Crippen molar-refractivity contribution in [2.45, 2.75) is 19.0 Å². The van der Waals surface area contributed by atoms with Crippen LogP contribution in [0.25, 0.3) is 0 Å². The summed E-state index contributed by atoms with van der Waals surface area (Å²) in [6.07, 6.45) is -9.06. The van der Waals surface area contributed by atoms with Crippen LogP contribution in [-0.2, 0) is 12.6 Å². The molecule has 0 atom stereocenters. The minimum Gasteiger partial charge on any atom is -0.214 e. The van der Waals surface area contributed by atoms with Crippen LogP contribution in [0.4, 0.5) is 26.3 Å². The summed E-state index contributed by atoms with van der Waals surface area (Å²) in [5.74, 6) is -1.88. The zero-order valence-electron chi connectivity index (χ0n) is 8.02. The van der Waals surface area contributed by atoms with E-state index in [1.54, 1.807) is 0 Å². The smallest absolute Gasteiger partial charge is 0.214 e. The molecule has 0 saturated carbocycles.